The van der Waals surface area contributed by atoms with Crippen LogP contribution in [0.5, 0.6) is 0 Å². The molecule has 0 amide bonds. The number of benzene rings is 1. The van der Waals surface area contributed by atoms with E-state index in [1.165, 1.54) is 5.56 Å². The summed E-state index contributed by atoms with van der Waals surface area (Å²) in [7, 11) is 1.95. The summed E-state index contributed by atoms with van der Waals surface area (Å²) in [5.74, 6) is 0. The Bertz CT molecular complexity index is 336. The normalized spacial score (nSPS) is 12.5. The highest BCUT2D eigenvalue weighted by Gasteiger charge is 2.06. The average molecular weight is 244 g/mol. The van der Waals surface area contributed by atoms with Gasteiger partial charge in [0.25, 0.3) is 0 Å². The molecule has 0 aromatic heterocycles. The summed E-state index contributed by atoms with van der Waals surface area (Å²) in [6.07, 6.45) is 3.79. The van der Waals surface area contributed by atoms with E-state index in [-0.39, 0.29) is 0 Å². The predicted octanol–water partition coefficient (Wildman–Crippen LogP) is 3.70. The summed E-state index contributed by atoms with van der Waals surface area (Å²) in [6.45, 7) is 3.73. The van der Waals surface area contributed by atoms with Crippen LogP contribution in [0.1, 0.15) is 12.0 Å². The Hall–Kier alpha value is -0.500. The maximum absolute atomic E-state index is 5.95. The summed E-state index contributed by atoms with van der Waals surface area (Å²) in [4.78, 5) is 0. The summed E-state index contributed by atoms with van der Waals surface area (Å²) in [5.41, 5.74) is 1.19. The number of rotatable bonds is 5. The molecule has 1 atom stereocenters. The van der Waals surface area contributed by atoms with Gasteiger partial charge in [0.1, 0.15) is 0 Å². The highest BCUT2D eigenvalue weighted by molar-refractivity contribution is 6.42. The van der Waals surface area contributed by atoms with Crippen molar-refractivity contribution in [1.29, 1.82) is 0 Å². The maximum Gasteiger partial charge on any atom is 0.0595 e. The Kier molecular flexibility index (Phi) is 5.16. The predicted molar refractivity (Wildman–Crippen MR) is 67.8 cm³/mol. The van der Waals surface area contributed by atoms with Crippen LogP contribution < -0.4 is 5.32 Å². The van der Waals surface area contributed by atoms with Gasteiger partial charge in [-0.15, -0.1) is 6.58 Å². The monoisotopic (exact) mass is 243 g/mol. The van der Waals surface area contributed by atoms with Gasteiger partial charge in [-0.3, -0.25) is 0 Å². The molecule has 0 saturated heterocycles. The molecule has 0 aliphatic heterocycles. The van der Waals surface area contributed by atoms with E-state index in [4.69, 9.17) is 23.2 Å². The van der Waals surface area contributed by atoms with Gasteiger partial charge in [-0.25, -0.2) is 0 Å². The van der Waals surface area contributed by atoms with Gasteiger partial charge < -0.3 is 5.32 Å². The molecule has 82 valence electrons. The zero-order chi connectivity index (χ0) is 11.3. The third kappa shape index (κ3) is 3.86. The largest absolute Gasteiger partial charge is 0.316 e. The van der Waals surface area contributed by atoms with Crippen molar-refractivity contribution in [2.45, 2.75) is 18.9 Å². The van der Waals surface area contributed by atoms with Crippen molar-refractivity contribution < 1.29 is 0 Å². The van der Waals surface area contributed by atoms with E-state index >= 15 is 0 Å². The molecular weight excluding hydrogens is 229 g/mol. The molecule has 15 heavy (non-hydrogen) atoms. The van der Waals surface area contributed by atoms with Crippen LogP contribution in [0.25, 0.3) is 0 Å². The maximum atomic E-state index is 5.95. The fourth-order valence-corrected chi connectivity index (χ4v) is 1.78. The van der Waals surface area contributed by atoms with Crippen molar-refractivity contribution in [3.63, 3.8) is 0 Å². The molecule has 0 unspecified atom stereocenters. The molecule has 0 aliphatic carbocycles. The first kappa shape index (κ1) is 12.6. The van der Waals surface area contributed by atoms with E-state index < -0.39 is 0 Å². The number of hydrogen-bond donors (Lipinski definition) is 1. The molecule has 0 fully saturated rings. The lowest BCUT2D eigenvalue weighted by molar-refractivity contribution is 0.566. The number of nitrogens with one attached hydrogen (secondary N) is 1. The van der Waals surface area contributed by atoms with Gasteiger partial charge in [0.2, 0.25) is 0 Å². The molecule has 0 radical (unpaired) electrons. The standard InChI is InChI=1S/C12H15Cl2N/c1-3-4-10(15-2)7-9-5-6-11(13)12(14)8-9/h3,5-6,8,10,15H,1,4,7H2,2H3/t10-/m0/s1. The van der Waals surface area contributed by atoms with E-state index in [1.54, 1.807) is 0 Å². The van der Waals surface area contributed by atoms with Gasteiger partial charge in [-0.1, -0.05) is 35.3 Å². The molecule has 0 bridgehead atoms. The van der Waals surface area contributed by atoms with Crippen molar-refractivity contribution >= 4 is 23.2 Å². The molecule has 0 aliphatic rings. The Balaban J connectivity index is 2.70. The molecule has 0 saturated carbocycles. The molecule has 1 aromatic carbocycles. The Morgan fingerprint density at radius 1 is 1.40 bits per heavy atom. The van der Waals surface area contributed by atoms with Crippen molar-refractivity contribution in [1.82, 2.24) is 5.32 Å². The minimum absolute atomic E-state index is 0.403. The zero-order valence-corrected chi connectivity index (χ0v) is 10.3. The topological polar surface area (TPSA) is 12.0 Å². The number of halogens is 2. The van der Waals surface area contributed by atoms with Crippen LogP contribution >= 0.6 is 23.2 Å². The Morgan fingerprint density at radius 2 is 2.13 bits per heavy atom. The van der Waals surface area contributed by atoms with Crippen LogP contribution in [0.3, 0.4) is 0 Å². The molecule has 1 nitrogen and oxygen atoms in total. The second-order valence-corrected chi connectivity index (χ2v) is 4.28. The molecule has 3 heteroatoms. The van der Waals surface area contributed by atoms with E-state index in [2.05, 4.69) is 11.9 Å². The van der Waals surface area contributed by atoms with E-state index in [0.29, 0.717) is 16.1 Å². The number of hydrogen-bond acceptors (Lipinski definition) is 1. The summed E-state index contributed by atoms with van der Waals surface area (Å²) < 4.78 is 0. The van der Waals surface area contributed by atoms with Gasteiger partial charge in [0, 0.05) is 6.04 Å². The average Bonchev–Trinajstić information content (AvgIpc) is 2.23. The smallest absolute Gasteiger partial charge is 0.0595 e. The van der Waals surface area contributed by atoms with Crippen LogP contribution in [0.2, 0.25) is 10.0 Å². The fourth-order valence-electron chi connectivity index (χ4n) is 1.46. The van der Waals surface area contributed by atoms with Crippen molar-refractivity contribution in [2.75, 3.05) is 7.05 Å². The Labute approximate surface area is 101 Å². The molecular formula is C12H15Cl2N. The first-order chi connectivity index (χ1) is 7.17. The second kappa shape index (κ2) is 6.16. The lowest BCUT2D eigenvalue weighted by atomic mass is 10.0. The van der Waals surface area contributed by atoms with Crippen molar-refractivity contribution in [3.8, 4) is 0 Å². The molecule has 1 N–H and O–H groups in total. The molecule has 0 heterocycles. The molecule has 1 rings (SSSR count). The van der Waals surface area contributed by atoms with E-state index in [1.807, 2.05) is 31.3 Å². The van der Waals surface area contributed by atoms with Gasteiger partial charge in [0.05, 0.1) is 10.0 Å². The summed E-state index contributed by atoms with van der Waals surface area (Å²) in [6, 6.07) is 6.15. The summed E-state index contributed by atoms with van der Waals surface area (Å²) in [5, 5.41) is 4.45. The minimum atomic E-state index is 0.403. The van der Waals surface area contributed by atoms with Crippen LogP contribution in [0.4, 0.5) is 0 Å². The third-order valence-corrected chi connectivity index (χ3v) is 3.06. The van der Waals surface area contributed by atoms with E-state index in [9.17, 15) is 0 Å². The minimum Gasteiger partial charge on any atom is -0.316 e. The molecule has 1 aromatic rings. The Morgan fingerprint density at radius 3 is 2.67 bits per heavy atom. The van der Waals surface area contributed by atoms with Crippen LogP contribution in [-0.2, 0) is 6.42 Å². The van der Waals surface area contributed by atoms with Crippen molar-refractivity contribution in [2.24, 2.45) is 0 Å². The van der Waals surface area contributed by atoms with Crippen LogP contribution in [0.15, 0.2) is 30.9 Å². The first-order valence-corrected chi connectivity index (χ1v) is 5.65. The third-order valence-electron chi connectivity index (χ3n) is 2.33. The van der Waals surface area contributed by atoms with Crippen molar-refractivity contribution in [3.05, 3.63) is 46.5 Å². The van der Waals surface area contributed by atoms with Gasteiger partial charge >= 0.3 is 0 Å². The van der Waals surface area contributed by atoms with Crippen LogP contribution in [0, 0.1) is 0 Å². The quantitative estimate of drug-likeness (QED) is 0.779. The highest BCUT2D eigenvalue weighted by Crippen LogP contribution is 2.23. The molecule has 0 spiro atoms. The highest BCUT2D eigenvalue weighted by atomic mass is 35.5. The lowest BCUT2D eigenvalue weighted by Crippen LogP contribution is -2.26. The number of likely N-dealkylation sites (N-methyl/N-ethyl adjacent to an activating group) is 1. The van der Waals surface area contributed by atoms with Gasteiger partial charge in [0.15, 0.2) is 0 Å². The second-order valence-electron chi connectivity index (χ2n) is 3.46. The van der Waals surface area contributed by atoms with Crippen LogP contribution in [-0.4, -0.2) is 13.1 Å². The van der Waals surface area contributed by atoms with Gasteiger partial charge in [-0.05, 0) is 37.6 Å². The zero-order valence-electron chi connectivity index (χ0n) is 8.76. The SMILES string of the molecule is C=CC[C@@H](Cc1ccc(Cl)c(Cl)c1)NC. The lowest BCUT2D eigenvalue weighted by Gasteiger charge is -2.14. The summed E-state index contributed by atoms with van der Waals surface area (Å²) >= 11 is 11.8. The van der Waals surface area contributed by atoms with Gasteiger partial charge in [-0.2, -0.15) is 0 Å². The van der Waals surface area contributed by atoms with E-state index in [0.717, 1.165) is 12.8 Å². The first-order valence-electron chi connectivity index (χ1n) is 4.89. The fraction of sp³-hybridized carbons (Fsp3) is 0.333.